The molecule has 0 saturated heterocycles. The summed E-state index contributed by atoms with van der Waals surface area (Å²) < 4.78 is 62.3. The number of anilines is 3. The molecule has 2 rings (SSSR count). The Morgan fingerprint density at radius 3 is 2.04 bits per heavy atom. The minimum Gasteiger partial charge on any atom is -0.308 e. The predicted octanol–water partition coefficient (Wildman–Crippen LogP) is 2.69. The molecule has 0 unspecified atom stereocenters. The van der Waals surface area contributed by atoms with Crippen molar-refractivity contribution in [1.29, 1.82) is 0 Å². The molecule has 122 valence electrons. The van der Waals surface area contributed by atoms with Gasteiger partial charge in [0.05, 0.1) is 5.69 Å². The maximum absolute atomic E-state index is 13.4. The number of carbonyl (C=O) groups excluding carboxylic acids is 1. The molecule has 0 bridgehead atoms. The summed E-state index contributed by atoms with van der Waals surface area (Å²) in [4.78, 5) is 11.7. The van der Waals surface area contributed by atoms with E-state index in [2.05, 4.69) is 10.0 Å². The summed E-state index contributed by atoms with van der Waals surface area (Å²) in [5.41, 5.74) is 0.0407. The summed E-state index contributed by atoms with van der Waals surface area (Å²) in [6.45, 7) is 0. The van der Waals surface area contributed by atoms with Crippen molar-refractivity contribution in [2.75, 3.05) is 15.4 Å². The number of carbonyl (C=O) groups is 1. The molecule has 0 heterocycles. The molecule has 0 aliphatic heterocycles. The van der Waals surface area contributed by atoms with E-state index in [4.69, 9.17) is 0 Å². The average molecular weight is 345 g/mol. The van der Waals surface area contributed by atoms with Crippen molar-refractivity contribution in [3.63, 3.8) is 0 Å². The quantitative estimate of drug-likeness (QED) is 0.508. The van der Waals surface area contributed by atoms with Gasteiger partial charge in [0.2, 0.25) is 10.9 Å². The maximum atomic E-state index is 13.4. The summed E-state index contributed by atoms with van der Waals surface area (Å²) in [6, 6.07) is 6.23. The lowest BCUT2D eigenvalue weighted by atomic mass is 10.2. The Balaban J connectivity index is 2.04. The second-order valence-corrected chi connectivity index (χ2v) is 4.99. The van der Waals surface area contributed by atoms with E-state index in [0.717, 1.165) is 6.07 Å². The standard InChI is InChI=1S/C13H10F3N3O3S/c14-9-5-6-10(12(16)11(9)15)18-13(20)17-7-1-3-8(4-2-7)19-23(21)22/h1-6,23H,(H2,17,18,20)(H,19,21,22). The Labute approximate surface area is 130 Å². The molecule has 2 amide bonds. The molecule has 0 saturated carbocycles. The van der Waals surface area contributed by atoms with Crippen molar-refractivity contribution >= 4 is 34.0 Å². The van der Waals surface area contributed by atoms with Gasteiger partial charge in [-0.1, -0.05) is 0 Å². The smallest absolute Gasteiger partial charge is 0.308 e. The Hall–Kier alpha value is -2.75. The SMILES string of the molecule is O=C(Nc1ccc(N[SH](=O)=O)cc1)Nc1ccc(F)c(F)c1F. The van der Waals surface area contributed by atoms with E-state index < -0.39 is 40.1 Å². The molecule has 0 fully saturated rings. The van der Waals surface area contributed by atoms with Crippen LogP contribution in [-0.4, -0.2) is 14.4 Å². The third kappa shape index (κ3) is 4.36. The molecule has 23 heavy (non-hydrogen) atoms. The van der Waals surface area contributed by atoms with Gasteiger partial charge in [-0.25, -0.2) is 26.4 Å². The molecule has 0 radical (unpaired) electrons. The Morgan fingerprint density at radius 2 is 1.43 bits per heavy atom. The average Bonchev–Trinajstić information content (AvgIpc) is 2.49. The van der Waals surface area contributed by atoms with Gasteiger partial charge in [0.1, 0.15) is 0 Å². The van der Waals surface area contributed by atoms with Crippen molar-refractivity contribution in [3.05, 3.63) is 53.8 Å². The molecular formula is C13H10F3N3O3S. The van der Waals surface area contributed by atoms with Crippen LogP contribution in [0.4, 0.5) is 35.0 Å². The number of urea groups is 1. The summed E-state index contributed by atoms with van der Waals surface area (Å²) in [7, 11) is -2.80. The van der Waals surface area contributed by atoms with Gasteiger partial charge in [-0.2, -0.15) is 0 Å². The van der Waals surface area contributed by atoms with Crippen molar-refractivity contribution in [2.45, 2.75) is 0 Å². The first-order valence-corrected chi connectivity index (χ1v) is 7.27. The zero-order valence-electron chi connectivity index (χ0n) is 11.3. The molecule has 2 aromatic rings. The van der Waals surface area contributed by atoms with Crippen LogP contribution < -0.4 is 15.4 Å². The highest BCUT2D eigenvalue weighted by atomic mass is 32.2. The summed E-state index contributed by atoms with van der Waals surface area (Å²) >= 11 is 0. The van der Waals surface area contributed by atoms with Gasteiger partial charge in [0.15, 0.2) is 17.5 Å². The molecule has 2 aromatic carbocycles. The number of benzene rings is 2. The molecule has 10 heteroatoms. The number of amides is 2. The highest BCUT2D eigenvalue weighted by molar-refractivity contribution is 7.73. The number of thiol groups is 1. The van der Waals surface area contributed by atoms with Gasteiger partial charge in [0.25, 0.3) is 0 Å². The van der Waals surface area contributed by atoms with Gasteiger partial charge < -0.3 is 10.6 Å². The highest BCUT2D eigenvalue weighted by Crippen LogP contribution is 2.20. The fourth-order valence-electron chi connectivity index (χ4n) is 1.64. The molecule has 6 nitrogen and oxygen atoms in total. The van der Waals surface area contributed by atoms with Crippen LogP contribution in [0.15, 0.2) is 36.4 Å². The number of hydrogen-bond donors (Lipinski definition) is 4. The van der Waals surface area contributed by atoms with Crippen LogP contribution in [0.3, 0.4) is 0 Å². The van der Waals surface area contributed by atoms with Crippen molar-refractivity contribution < 1.29 is 26.4 Å². The minimum absolute atomic E-state index is 0.275. The van der Waals surface area contributed by atoms with Crippen LogP contribution in [-0.2, 0) is 10.9 Å². The molecule has 3 N–H and O–H groups in total. The summed E-state index contributed by atoms with van der Waals surface area (Å²) in [6.07, 6.45) is 0. The lowest BCUT2D eigenvalue weighted by Gasteiger charge is -2.09. The van der Waals surface area contributed by atoms with Gasteiger partial charge in [0, 0.05) is 11.4 Å². The van der Waals surface area contributed by atoms with Gasteiger partial charge in [-0.15, -0.1) is 0 Å². The van der Waals surface area contributed by atoms with Gasteiger partial charge in [-0.3, -0.25) is 4.72 Å². The fraction of sp³-hybridized carbons (Fsp3) is 0. The molecular weight excluding hydrogens is 335 g/mol. The minimum atomic E-state index is -2.80. The zero-order valence-corrected chi connectivity index (χ0v) is 12.2. The summed E-state index contributed by atoms with van der Waals surface area (Å²) in [5, 5.41) is 4.35. The normalized spacial score (nSPS) is 10.4. The molecule has 0 aromatic heterocycles. The van der Waals surface area contributed by atoms with E-state index in [1.165, 1.54) is 24.3 Å². The monoisotopic (exact) mass is 345 g/mol. The van der Waals surface area contributed by atoms with Crippen molar-refractivity contribution in [2.24, 2.45) is 0 Å². The van der Waals surface area contributed by atoms with Crippen molar-refractivity contribution in [1.82, 2.24) is 0 Å². The van der Waals surface area contributed by atoms with E-state index in [-0.39, 0.29) is 5.69 Å². The molecule has 0 aliphatic carbocycles. The number of rotatable bonds is 4. The van der Waals surface area contributed by atoms with Crippen LogP contribution in [0.1, 0.15) is 0 Å². The van der Waals surface area contributed by atoms with Crippen LogP contribution in [0.25, 0.3) is 0 Å². The van der Waals surface area contributed by atoms with E-state index in [1.807, 2.05) is 5.32 Å². The first-order valence-electron chi connectivity index (χ1n) is 6.09. The van der Waals surface area contributed by atoms with Crippen LogP contribution in [0.5, 0.6) is 0 Å². The molecule has 0 aliphatic rings. The lowest BCUT2D eigenvalue weighted by molar-refractivity contribution is 0.262. The van der Waals surface area contributed by atoms with Crippen LogP contribution >= 0.6 is 0 Å². The molecule has 0 atom stereocenters. The zero-order chi connectivity index (χ0) is 17.0. The maximum Gasteiger partial charge on any atom is 0.323 e. The third-order valence-electron chi connectivity index (χ3n) is 2.65. The van der Waals surface area contributed by atoms with E-state index in [9.17, 15) is 26.4 Å². The lowest BCUT2D eigenvalue weighted by Crippen LogP contribution is -2.20. The first-order chi connectivity index (χ1) is 10.9. The number of nitrogens with one attached hydrogen (secondary N) is 3. The van der Waals surface area contributed by atoms with Crippen LogP contribution in [0.2, 0.25) is 0 Å². The summed E-state index contributed by atoms with van der Waals surface area (Å²) in [5.74, 6) is -4.57. The Morgan fingerprint density at radius 1 is 0.826 bits per heavy atom. The van der Waals surface area contributed by atoms with E-state index >= 15 is 0 Å². The van der Waals surface area contributed by atoms with Crippen LogP contribution in [0, 0.1) is 17.5 Å². The Bertz CT molecular complexity index is 802. The second kappa shape index (κ2) is 7.01. The predicted molar refractivity (Wildman–Crippen MR) is 79.3 cm³/mol. The van der Waals surface area contributed by atoms with Crippen molar-refractivity contribution in [3.8, 4) is 0 Å². The number of halogens is 3. The topological polar surface area (TPSA) is 87.3 Å². The first kappa shape index (κ1) is 16.6. The largest absolute Gasteiger partial charge is 0.323 e. The highest BCUT2D eigenvalue weighted by Gasteiger charge is 2.15. The molecule has 0 spiro atoms. The van der Waals surface area contributed by atoms with Gasteiger partial charge in [-0.05, 0) is 36.4 Å². The second-order valence-electron chi connectivity index (χ2n) is 4.25. The number of hydrogen-bond acceptors (Lipinski definition) is 3. The van der Waals surface area contributed by atoms with E-state index in [0.29, 0.717) is 11.8 Å². The van der Waals surface area contributed by atoms with E-state index in [1.54, 1.807) is 0 Å². The third-order valence-corrected chi connectivity index (χ3v) is 3.09. The fourth-order valence-corrected chi connectivity index (χ4v) is 2.00. The van der Waals surface area contributed by atoms with Gasteiger partial charge >= 0.3 is 6.03 Å². The Kier molecular flexibility index (Phi) is 5.06.